The van der Waals surface area contributed by atoms with Crippen molar-refractivity contribution in [1.82, 2.24) is 14.8 Å². The maximum Gasteiger partial charge on any atom is 0.410 e. The van der Waals surface area contributed by atoms with E-state index in [1.807, 2.05) is 32.9 Å². The van der Waals surface area contributed by atoms with Gasteiger partial charge in [0.1, 0.15) is 11.6 Å². The standard InChI is InChI=1S/C19H29N3O3/c1-19(2,3)25-18(24)22-13-6-5-7-16(22)17(23)21(4)14-10-15-8-11-20-12-9-15/h8-9,11-12,16H,5-7,10,13-14H2,1-4H3/t16-/m0/s1. The first kappa shape index (κ1) is 19.2. The summed E-state index contributed by atoms with van der Waals surface area (Å²) in [5.74, 6) is -0.0142. The molecule has 1 atom stereocenters. The quantitative estimate of drug-likeness (QED) is 0.840. The first-order valence-corrected chi connectivity index (χ1v) is 8.91. The van der Waals surface area contributed by atoms with Gasteiger partial charge in [-0.3, -0.25) is 14.7 Å². The molecule has 138 valence electrons. The number of aromatic nitrogens is 1. The maximum absolute atomic E-state index is 12.9. The van der Waals surface area contributed by atoms with Crippen molar-refractivity contribution < 1.29 is 14.3 Å². The van der Waals surface area contributed by atoms with Gasteiger partial charge < -0.3 is 9.64 Å². The summed E-state index contributed by atoms with van der Waals surface area (Å²) in [6, 6.07) is 3.48. The first-order valence-electron chi connectivity index (χ1n) is 8.91. The molecule has 0 radical (unpaired) electrons. The van der Waals surface area contributed by atoms with Crippen LogP contribution < -0.4 is 0 Å². The lowest BCUT2D eigenvalue weighted by Gasteiger charge is -2.37. The zero-order chi connectivity index (χ0) is 18.4. The number of ether oxygens (including phenoxy) is 1. The molecule has 2 heterocycles. The summed E-state index contributed by atoms with van der Waals surface area (Å²) < 4.78 is 5.48. The Balaban J connectivity index is 1.97. The number of hydrogen-bond acceptors (Lipinski definition) is 4. The molecule has 0 spiro atoms. The number of pyridine rings is 1. The highest BCUT2D eigenvalue weighted by Gasteiger charge is 2.36. The summed E-state index contributed by atoms with van der Waals surface area (Å²) in [6.07, 6.45) is 6.43. The highest BCUT2D eigenvalue weighted by atomic mass is 16.6. The van der Waals surface area contributed by atoms with Gasteiger partial charge in [-0.05, 0) is 64.2 Å². The lowest BCUT2D eigenvalue weighted by atomic mass is 10.0. The van der Waals surface area contributed by atoms with Crippen LogP contribution in [0.5, 0.6) is 0 Å². The summed E-state index contributed by atoms with van der Waals surface area (Å²) in [5.41, 5.74) is 0.581. The van der Waals surface area contributed by atoms with Crippen molar-refractivity contribution in [2.75, 3.05) is 20.1 Å². The summed E-state index contributed by atoms with van der Waals surface area (Å²) in [6.45, 7) is 6.70. The summed E-state index contributed by atoms with van der Waals surface area (Å²) in [5, 5.41) is 0. The van der Waals surface area contributed by atoms with Gasteiger partial charge in [-0.2, -0.15) is 0 Å². The zero-order valence-electron chi connectivity index (χ0n) is 15.7. The van der Waals surface area contributed by atoms with Crippen LogP contribution in [0.1, 0.15) is 45.6 Å². The molecule has 0 saturated carbocycles. The number of likely N-dealkylation sites (tertiary alicyclic amines) is 1. The highest BCUT2D eigenvalue weighted by molar-refractivity contribution is 5.85. The van der Waals surface area contributed by atoms with E-state index in [0.29, 0.717) is 19.5 Å². The van der Waals surface area contributed by atoms with Gasteiger partial charge in [-0.25, -0.2) is 4.79 Å². The molecular formula is C19H29N3O3. The Labute approximate surface area is 150 Å². The Kier molecular flexibility index (Phi) is 6.39. The second-order valence-corrected chi connectivity index (χ2v) is 7.55. The van der Waals surface area contributed by atoms with Crippen LogP contribution in [0.3, 0.4) is 0 Å². The summed E-state index contributed by atoms with van der Waals surface area (Å²) >= 11 is 0. The van der Waals surface area contributed by atoms with E-state index in [2.05, 4.69) is 4.98 Å². The molecule has 6 heteroatoms. The van der Waals surface area contributed by atoms with Crippen molar-refractivity contribution in [3.05, 3.63) is 30.1 Å². The van der Waals surface area contributed by atoms with E-state index in [1.54, 1.807) is 29.2 Å². The topological polar surface area (TPSA) is 62.7 Å². The van der Waals surface area contributed by atoms with Gasteiger partial charge in [-0.15, -0.1) is 0 Å². The van der Waals surface area contributed by atoms with E-state index in [-0.39, 0.29) is 5.91 Å². The Hall–Kier alpha value is -2.11. The molecule has 25 heavy (non-hydrogen) atoms. The third-order valence-electron chi connectivity index (χ3n) is 4.28. The zero-order valence-corrected chi connectivity index (χ0v) is 15.7. The minimum atomic E-state index is -0.560. The van der Waals surface area contributed by atoms with Crippen LogP contribution in [0, 0.1) is 0 Å². The number of piperidine rings is 1. The minimum Gasteiger partial charge on any atom is -0.444 e. The van der Waals surface area contributed by atoms with Gasteiger partial charge in [0.2, 0.25) is 5.91 Å². The van der Waals surface area contributed by atoms with Crippen LogP contribution in [0.2, 0.25) is 0 Å². The normalized spacial score (nSPS) is 17.9. The lowest BCUT2D eigenvalue weighted by molar-refractivity contribution is -0.136. The SMILES string of the molecule is CN(CCc1ccncc1)C(=O)[C@@H]1CCCCN1C(=O)OC(C)(C)C. The van der Waals surface area contributed by atoms with Crippen molar-refractivity contribution in [1.29, 1.82) is 0 Å². The number of rotatable bonds is 4. The average Bonchev–Trinajstić information content (AvgIpc) is 2.58. The van der Waals surface area contributed by atoms with Crippen LogP contribution in [0.25, 0.3) is 0 Å². The van der Waals surface area contributed by atoms with E-state index >= 15 is 0 Å². The smallest absolute Gasteiger partial charge is 0.410 e. The van der Waals surface area contributed by atoms with E-state index in [4.69, 9.17) is 4.74 Å². The van der Waals surface area contributed by atoms with Gasteiger partial charge in [-0.1, -0.05) is 0 Å². The monoisotopic (exact) mass is 347 g/mol. The molecule has 1 aliphatic heterocycles. The Morgan fingerprint density at radius 2 is 1.96 bits per heavy atom. The molecule has 6 nitrogen and oxygen atoms in total. The third-order valence-corrected chi connectivity index (χ3v) is 4.28. The molecule has 0 bridgehead atoms. The molecule has 0 unspecified atom stereocenters. The van der Waals surface area contributed by atoms with Gasteiger partial charge >= 0.3 is 6.09 Å². The van der Waals surface area contributed by atoms with Crippen molar-refractivity contribution in [3.8, 4) is 0 Å². The first-order chi connectivity index (χ1) is 11.8. The maximum atomic E-state index is 12.9. The fraction of sp³-hybridized carbons (Fsp3) is 0.632. The second kappa shape index (κ2) is 8.32. The van der Waals surface area contributed by atoms with E-state index < -0.39 is 17.7 Å². The fourth-order valence-corrected chi connectivity index (χ4v) is 2.94. The molecule has 1 aliphatic rings. The molecule has 0 aromatic carbocycles. The Bertz CT molecular complexity index is 583. The van der Waals surface area contributed by atoms with E-state index in [0.717, 1.165) is 24.8 Å². The number of likely N-dealkylation sites (N-methyl/N-ethyl adjacent to an activating group) is 1. The van der Waals surface area contributed by atoms with Crippen molar-refractivity contribution in [2.24, 2.45) is 0 Å². The third kappa shape index (κ3) is 5.73. The number of carbonyl (C=O) groups excluding carboxylic acids is 2. The molecule has 0 N–H and O–H groups in total. The highest BCUT2D eigenvalue weighted by Crippen LogP contribution is 2.22. The van der Waals surface area contributed by atoms with Gasteiger partial charge in [0.25, 0.3) is 0 Å². The number of nitrogens with zero attached hydrogens (tertiary/aromatic N) is 3. The summed E-state index contributed by atoms with van der Waals surface area (Å²) in [4.78, 5) is 32.6. The second-order valence-electron chi connectivity index (χ2n) is 7.55. The van der Waals surface area contributed by atoms with Crippen LogP contribution in [0.15, 0.2) is 24.5 Å². The molecule has 0 aliphatic carbocycles. The van der Waals surface area contributed by atoms with Crippen molar-refractivity contribution >= 4 is 12.0 Å². The van der Waals surface area contributed by atoms with Crippen molar-refractivity contribution in [3.63, 3.8) is 0 Å². The Morgan fingerprint density at radius 3 is 2.60 bits per heavy atom. The lowest BCUT2D eigenvalue weighted by Crippen LogP contribution is -2.53. The minimum absolute atomic E-state index is 0.0142. The van der Waals surface area contributed by atoms with Crippen LogP contribution in [0.4, 0.5) is 4.79 Å². The van der Waals surface area contributed by atoms with Gasteiger partial charge in [0, 0.05) is 32.5 Å². The molecule has 1 aromatic rings. The van der Waals surface area contributed by atoms with Crippen LogP contribution in [-0.4, -0.2) is 58.6 Å². The predicted octanol–water partition coefficient (Wildman–Crippen LogP) is 2.87. The van der Waals surface area contributed by atoms with Gasteiger partial charge in [0.05, 0.1) is 0 Å². The van der Waals surface area contributed by atoms with Crippen molar-refractivity contribution in [2.45, 2.75) is 58.1 Å². The van der Waals surface area contributed by atoms with Crippen LogP contribution >= 0.6 is 0 Å². The molecule has 1 aromatic heterocycles. The molecular weight excluding hydrogens is 318 g/mol. The molecule has 1 saturated heterocycles. The Morgan fingerprint density at radius 1 is 1.28 bits per heavy atom. The van der Waals surface area contributed by atoms with E-state index in [1.165, 1.54) is 0 Å². The molecule has 2 rings (SSSR count). The van der Waals surface area contributed by atoms with E-state index in [9.17, 15) is 9.59 Å². The molecule has 2 amide bonds. The number of hydrogen-bond donors (Lipinski definition) is 0. The predicted molar refractivity (Wildman–Crippen MR) is 96.2 cm³/mol. The van der Waals surface area contributed by atoms with Gasteiger partial charge in [0.15, 0.2) is 0 Å². The number of amides is 2. The fourth-order valence-electron chi connectivity index (χ4n) is 2.94. The largest absolute Gasteiger partial charge is 0.444 e. The summed E-state index contributed by atoms with van der Waals surface area (Å²) in [7, 11) is 1.80. The number of carbonyl (C=O) groups is 2. The molecule has 1 fully saturated rings. The van der Waals surface area contributed by atoms with Crippen LogP contribution in [-0.2, 0) is 16.0 Å². The average molecular weight is 347 g/mol.